The first-order valence-electron chi connectivity index (χ1n) is 3.46. The third-order valence-electron chi connectivity index (χ3n) is 1.07. The van der Waals surface area contributed by atoms with Crippen LogP contribution in [0.5, 0.6) is 0 Å². The Morgan fingerprint density at radius 2 is 2.10 bits per heavy atom. The van der Waals surface area contributed by atoms with E-state index in [1.54, 1.807) is 14.1 Å². The molecule has 3 nitrogen and oxygen atoms in total. The zero-order valence-corrected chi connectivity index (χ0v) is 6.89. The number of carbonyl (C=O) groups is 1. The van der Waals surface area contributed by atoms with Gasteiger partial charge < -0.3 is 9.64 Å². The van der Waals surface area contributed by atoms with Crippen LogP contribution in [0.4, 0.5) is 0 Å². The van der Waals surface area contributed by atoms with Crippen molar-refractivity contribution in [2.75, 3.05) is 27.3 Å². The lowest BCUT2D eigenvalue weighted by Crippen LogP contribution is -2.26. The monoisotopic (exact) mass is 145 g/mol. The lowest BCUT2D eigenvalue weighted by Gasteiger charge is -2.09. The van der Waals surface area contributed by atoms with Crippen molar-refractivity contribution in [2.24, 2.45) is 0 Å². The van der Waals surface area contributed by atoms with Gasteiger partial charge in [0.2, 0.25) is 5.91 Å². The van der Waals surface area contributed by atoms with Crippen molar-refractivity contribution < 1.29 is 9.53 Å². The predicted molar refractivity (Wildman–Crippen MR) is 39.8 cm³/mol. The van der Waals surface area contributed by atoms with Crippen LogP contribution in [0.2, 0.25) is 0 Å². The molecule has 10 heavy (non-hydrogen) atoms. The van der Waals surface area contributed by atoms with E-state index in [4.69, 9.17) is 4.74 Å². The zero-order valence-electron chi connectivity index (χ0n) is 6.89. The van der Waals surface area contributed by atoms with Gasteiger partial charge >= 0.3 is 0 Å². The second kappa shape index (κ2) is 5.23. The fourth-order valence-electron chi connectivity index (χ4n) is 0.433. The van der Waals surface area contributed by atoms with E-state index in [0.29, 0.717) is 6.61 Å². The maximum absolute atomic E-state index is 10.8. The second-order valence-electron chi connectivity index (χ2n) is 2.34. The molecule has 0 rings (SSSR count). The number of rotatable bonds is 4. The molecule has 0 bridgehead atoms. The van der Waals surface area contributed by atoms with Gasteiger partial charge in [0.05, 0.1) is 0 Å². The van der Waals surface area contributed by atoms with E-state index in [-0.39, 0.29) is 12.5 Å². The molecule has 0 aliphatic heterocycles. The standard InChI is InChI=1S/C7H15NO2/c1-4-5-10-6-7(9)8(2)3/h4-6H2,1-3H3. The number of hydrogen-bond donors (Lipinski definition) is 0. The second-order valence-corrected chi connectivity index (χ2v) is 2.34. The summed E-state index contributed by atoms with van der Waals surface area (Å²) >= 11 is 0. The normalized spacial score (nSPS) is 9.50. The van der Waals surface area contributed by atoms with E-state index in [1.165, 1.54) is 4.90 Å². The van der Waals surface area contributed by atoms with Crippen LogP contribution in [0.1, 0.15) is 13.3 Å². The molecule has 60 valence electrons. The molecule has 0 radical (unpaired) electrons. The Labute approximate surface area is 62.0 Å². The molecule has 0 spiro atoms. The van der Waals surface area contributed by atoms with Crippen LogP contribution < -0.4 is 0 Å². The summed E-state index contributed by atoms with van der Waals surface area (Å²) in [5.74, 6) is 0.0217. The van der Waals surface area contributed by atoms with Crippen LogP contribution in [0.25, 0.3) is 0 Å². The summed E-state index contributed by atoms with van der Waals surface area (Å²) in [7, 11) is 3.44. The van der Waals surface area contributed by atoms with Crippen LogP contribution in [0.3, 0.4) is 0 Å². The number of hydrogen-bond acceptors (Lipinski definition) is 2. The minimum atomic E-state index is 0.0217. The van der Waals surface area contributed by atoms with Crippen LogP contribution >= 0.6 is 0 Å². The van der Waals surface area contributed by atoms with E-state index < -0.39 is 0 Å². The minimum absolute atomic E-state index is 0.0217. The smallest absolute Gasteiger partial charge is 0.248 e. The molecular weight excluding hydrogens is 130 g/mol. The summed E-state index contributed by atoms with van der Waals surface area (Å²) < 4.78 is 5.01. The van der Waals surface area contributed by atoms with E-state index in [2.05, 4.69) is 0 Å². The number of ether oxygens (including phenoxy) is 1. The number of amides is 1. The molecule has 1 amide bonds. The Morgan fingerprint density at radius 3 is 2.50 bits per heavy atom. The van der Waals surface area contributed by atoms with Gasteiger partial charge in [-0.05, 0) is 6.42 Å². The minimum Gasteiger partial charge on any atom is -0.372 e. The average molecular weight is 145 g/mol. The van der Waals surface area contributed by atoms with E-state index in [9.17, 15) is 4.79 Å². The highest BCUT2D eigenvalue weighted by molar-refractivity contribution is 5.76. The highest BCUT2D eigenvalue weighted by Gasteiger charge is 2.01. The predicted octanol–water partition coefficient (Wildman–Crippen LogP) is 0.501. The van der Waals surface area contributed by atoms with Crippen molar-refractivity contribution in [3.05, 3.63) is 0 Å². The SMILES string of the molecule is CCCOCC(=O)N(C)C. The first-order valence-corrected chi connectivity index (χ1v) is 3.46. The molecule has 0 unspecified atom stereocenters. The van der Waals surface area contributed by atoms with Gasteiger partial charge in [0.25, 0.3) is 0 Å². The molecule has 0 saturated heterocycles. The van der Waals surface area contributed by atoms with Gasteiger partial charge in [0, 0.05) is 20.7 Å². The Kier molecular flexibility index (Phi) is 4.94. The van der Waals surface area contributed by atoms with Crippen molar-refractivity contribution in [1.82, 2.24) is 4.90 Å². The fourth-order valence-corrected chi connectivity index (χ4v) is 0.433. The third-order valence-corrected chi connectivity index (χ3v) is 1.07. The summed E-state index contributed by atoms with van der Waals surface area (Å²) in [6.45, 7) is 2.89. The molecule has 0 aliphatic carbocycles. The maximum Gasteiger partial charge on any atom is 0.248 e. The van der Waals surface area contributed by atoms with Gasteiger partial charge in [-0.25, -0.2) is 0 Å². The molecule has 0 aromatic carbocycles. The summed E-state index contributed by atoms with van der Waals surface area (Å²) in [4.78, 5) is 12.3. The summed E-state index contributed by atoms with van der Waals surface area (Å²) in [5, 5.41) is 0. The lowest BCUT2D eigenvalue weighted by molar-refractivity contribution is -0.133. The van der Waals surface area contributed by atoms with Gasteiger partial charge in [-0.3, -0.25) is 4.79 Å². The summed E-state index contributed by atoms with van der Waals surface area (Å²) in [6.07, 6.45) is 0.959. The molecule has 0 atom stereocenters. The first-order chi connectivity index (χ1) is 4.68. The van der Waals surface area contributed by atoms with Crippen molar-refractivity contribution in [2.45, 2.75) is 13.3 Å². The molecule has 3 heteroatoms. The van der Waals surface area contributed by atoms with E-state index in [0.717, 1.165) is 6.42 Å². The van der Waals surface area contributed by atoms with Crippen LogP contribution in [0, 0.1) is 0 Å². The van der Waals surface area contributed by atoms with Crippen LogP contribution in [0.15, 0.2) is 0 Å². The van der Waals surface area contributed by atoms with E-state index in [1.807, 2.05) is 6.92 Å². The number of nitrogens with zero attached hydrogens (tertiary/aromatic N) is 1. The average Bonchev–Trinajstić information content (AvgIpc) is 1.88. The first kappa shape index (κ1) is 9.43. The zero-order chi connectivity index (χ0) is 7.98. The van der Waals surface area contributed by atoms with Gasteiger partial charge in [-0.1, -0.05) is 6.92 Å². The summed E-state index contributed by atoms with van der Waals surface area (Å²) in [6, 6.07) is 0. The van der Waals surface area contributed by atoms with E-state index >= 15 is 0 Å². The molecule has 0 aliphatic rings. The molecule has 0 saturated carbocycles. The molecule has 0 fully saturated rings. The van der Waals surface area contributed by atoms with Gasteiger partial charge in [0.15, 0.2) is 0 Å². The topological polar surface area (TPSA) is 29.5 Å². The summed E-state index contributed by atoms with van der Waals surface area (Å²) in [5.41, 5.74) is 0. The Morgan fingerprint density at radius 1 is 1.50 bits per heavy atom. The largest absolute Gasteiger partial charge is 0.372 e. The molecule has 0 aromatic heterocycles. The van der Waals surface area contributed by atoms with Crippen molar-refractivity contribution >= 4 is 5.91 Å². The van der Waals surface area contributed by atoms with Crippen LogP contribution in [-0.4, -0.2) is 38.1 Å². The van der Waals surface area contributed by atoms with Crippen molar-refractivity contribution in [1.29, 1.82) is 0 Å². The van der Waals surface area contributed by atoms with Gasteiger partial charge in [0.1, 0.15) is 6.61 Å². The molecule has 0 aromatic rings. The van der Waals surface area contributed by atoms with Gasteiger partial charge in [-0.2, -0.15) is 0 Å². The fraction of sp³-hybridized carbons (Fsp3) is 0.857. The molecule has 0 heterocycles. The van der Waals surface area contributed by atoms with Crippen LogP contribution in [-0.2, 0) is 9.53 Å². The highest BCUT2D eigenvalue weighted by atomic mass is 16.5. The third kappa shape index (κ3) is 4.32. The number of carbonyl (C=O) groups excluding carboxylic acids is 1. The highest BCUT2D eigenvalue weighted by Crippen LogP contribution is 1.83. The lowest BCUT2D eigenvalue weighted by atomic mass is 10.5. The molecule has 0 N–H and O–H groups in total. The van der Waals surface area contributed by atoms with Crippen molar-refractivity contribution in [3.63, 3.8) is 0 Å². The maximum atomic E-state index is 10.8. The van der Waals surface area contributed by atoms with Crippen molar-refractivity contribution in [3.8, 4) is 0 Å². The molecular formula is C7H15NO2. The Bertz CT molecular complexity index is 102. The quantitative estimate of drug-likeness (QED) is 0.539. The Balaban J connectivity index is 3.22. The van der Waals surface area contributed by atoms with Gasteiger partial charge in [-0.15, -0.1) is 0 Å². The number of likely N-dealkylation sites (N-methyl/N-ethyl adjacent to an activating group) is 1. The Hall–Kier alpha value is -0.570.